The van der Waals surface area contributed by atoms with Crippen molar-refractivity contribution in [3.8, 4) is 0 Å². The van der Waals surface area contributed by atoms with Gasteiger partial charge in [0.2, 0.25) is 0 Å². The first-order valence-corrected chi connectivity index (χ1v) is 9.92. The fraction of sp³-hybridized carbons (Fsp3) is 0.300. The molecule has 1 aromatic heterocycles. The molecule has 0 atom stereocenters. The average molecular weight is 509 g/mol. The molecule has 0 amide bonds. The second-order valence-electron chi connectivity index (χ2n) is 6.44. The van der Waals surface area contributed by atoms with Crippen molar-refractivity contribution in [2.45, 2.75) is 27.3 Å². The second kappa shape index (κ2) is 12.5. The number of amidine groups is 2. The van der Waals surface area contributed by atoms with E-state index in [0.717, 1.165) is 22.5 Å². The van der Waals surface area contributed by atoms with Gasteiger partial charge in [0.25, 0.3) is 0 Å². The predicted octanol–water partition coefficient (Wildman–Crippen LogP) is 2.61. The summed E-state index contributed by atoms with van der Waals surface area (Å²) in [6.45, 7) is 6.42. The van der Waals surface area contributed by atoms with Crippen molar-refractivity contribution in [3.63, 3.8) is 0 Å². The van der Waals surface area contributed by atoms with E-state index >= 15 is 0 Å². The number of halogens is 1. The van der Waals surface area contributed by atoms with Gasteiger partial charge in [-0.3, -0.25) is 20.8 Å². The van der Waals surface area contributed by atoms with Gasteiger partial charge in [-0.05, 0) is 54.9 Å². The number of hydrogen-bond acceptors (Lipinski definition) is 6. The van der Waals surface area contributed by atoms with Gasteiger partial charge in [-0.1, -0.05) is 12.1 Å². The average Bonchev–Trinajstić information content (AvgIpc) is 3.01. The predicted molar refractivity (Wildman–Crippen MR) is 127 cm³/mol. The van der Waals surface area contributed by atoms with Crippen LogP contribution in [0.3, 0.4) is 0 Å². The zero-order valence-electron chi connectivity index (χ0n) is 17.8. The quantitative estimate of drug-likeness (QED) is 0.207. The number of nitrogens with zero attached hydrogens (tertiary/aromatic N) is 5. The number of aromatic nitrogens is 1. The van der Waals surface area contributed by atoms with Crippen LogP contribution in [0.2, 0.25) is 0 Å². The molecule has 0 aliphatic rings. The Balaban J connectivity index is 0.00000480. The smallest absolute Gasteiger partial charge is 0.741 e. The van der Waals surface area contributed by atoms with E-state index in [2.05, 4.69) is 35.6 Å². The van der Waals surface area contributed by atoms with Crippen molar-refractivity contribution < 1.29 is 21.5 Å². The molecular formula is C20H24CuFN7S2. The number of nitrogens with one attached hydrogen (secondary N) is 2. The molecule has 1 heterocycles. The molecule has 0 bridgehead atoms. The molecule has 11 heteroatoms. The third kappa shape index (κ3) is 7.39. The van der Waals surface area contributed by atoms with Crippen molar-refractivity contribution in [3.05, 3.63) is 58.7 Å². The molecule has 31 heavy (non-hydrogen) atoms. The number of aryl methyl sites for hydroxylation is 1. The normalized spacial score (nSPS) is 13.1. The van der Waals surface area contributed by atoms with E-state index in [1.807, 2.05) is 26.8 Å². The molecule has 0 unspecified atom stereocenters. The largest absolute Gasteiger partial charge is 2.00 e. The van der Waals surface area contributed by atoms with E-state index in [0.29, 0.717) is 18.0 Å². The van der Waals surface area contributed by atoms with Crippen molar-refractivity contribution in [2.75, 3.05) is 14.1 Å². The molecule has 0 spiro atoms. The van der Waals surface area contributed by atoms with Crippen LogP contribution in [0.15, 0.2) is 50.5 Å². The first kappa shape index (κ1) is 26.7. The number of hydrazone groups is 2. The molecule has 0 saturated heterocycles. The fourth-order valence-electron chi connectivity index (χ4n) is 2.78. The van der Waals surface area contributed by atoms with Gasteiger partial charge in [0.05, 0.1) is 5.71 Å². The monoisotopic (exact) mass is 508 g/mol. The van der Waals surface area contributed by atoms with Crippen LogP contribution in [-0.2, 0) is 48.9 Å². The second-order valence-corrected chi connectivity index (χ2v) is 7.21. The summed E-state index contributed by atoms with van der Waals surface area (Å²) in [5, 5.41) is 9.23. The summed E-state index contributed by atoms with van der Waals surface area (Å²) >= 11 is 10.1. The van der Waals surface area contributed by atoms with Gasteiger partial charge in [-0.15, -0.1) is 0 Å². The first-order chi connectivity index (χ1) is 14.3. The van der Waals surface area contributed by atoms with E-state index in [1.165, 1.54) is 12.1 Å². The van der Waals surface area contributed by atoms with Gasteiger partial charge in [-0.2, -0.15) is 10.2 Å². The molecule has 1 aromatic carbocycles. The fourth-order valence-corrected chi connectivity index (χ4v) is 2.87. The van der Waals surface area contributed by atoms with Crippen molar-refractivity contribution >= 4 is 47.0 Å². The molecule has 2 aromatic rings. The molecule has 7 nitrogen and oxygen atoms in total. The SMILES string of the molecule is CN=C([S-])N/N=C(C)/C(=N/NC([S-])=NC)c1cc(C)n(Cc2ccc(F)cc2)c1C.[Cu+2]. The van der Waals surface area contributed by atoms with Crippen molar-refractivity contribution in [1.82, 2.24) is 15.4 Å². The zero-order chi connectivity index (χ0) is 22.3. The minimum Gasteiger partial charge on any atom is -0.741 e. The van der Waals surface area contributed by atoms with Gasteiger partial charge in [0.1, 0.15) is 11.5 Å². The van der Waals surface area contributed by atoms with Crippen LogP contribution in [-0.4, -0.2) is 40.4 Å². The van der Waals surface area contributed by atoms with Crippen LogP contribution in [0, 0.1) is 19.7 Å². The van der Waals surface area contributed by atoms with Crippen LogP contribution in [0.25, 0.3) is 0 Å². The van der Waals surface area contributed by atoms with E-state index in [4.69, 9.17) is 25.3 Å². The summed E-state index contributed by atoms with van der Waals surface area (Å²) < 4.78 is 15.4. The van der Waals surface area contributed by atoms with E-state index in [1.54, 1.807) is 26.2 Å². The summed E-state index contributed by atoms with van der Waals surface area (Å²) in [5.74, 6) is -0.255. The molecule has 0 fully saturated rings. The summed E-state index contributed by atoms with van der Waals surface area (Å²) in [4.78, 5) is 7.76. The molecule has 0 aliphatic carbocycles. The summed E-state index contributed by atoms with van der Waals surface area (Å²) in [6.07, 6.45) is 0. The third-order valence-corrected chi connectivity index (χ3v) is 4.96. The summed E-state index contributed by atoms with van der Waals surface area (Å²) in [7, 11) is 3.17. The minimum atomic E-state index is -0.255. The number of hydrogen-bond donors (Lipinski definition) is 2. The summed E-state index contributed by atoms with van der Waals surface area (Å²) in [5.41, 5.74) is 10.5. The van der Waals surface area contributed by atoms with Crippen LogP contribution >= 0.6 is 0 Å². The molecular weight excluding hydrogens is 485 g/mol. The Kier molecular flexibility index (Phi) is 10.8. The van der Waals surface area contributed by atoms with Gasteiger partial charge < -0.3 is 29.8 Å². The number of rotatable bonds is 6. The van der Waals surface area contributed by atoms with Crippen molar-refractivity contribution in [2.24, 2.45) is 20.2 Å². The molecule has 2 N–H and O–H groups in total. The van der Waals surface area contributed by atoms with Gasteiger partial charge in [0, 0.05) is 37.6 Å². The third-order valence-electron chi connectivity index (χ3n) is 4.41. The maximum Gasteiger partial charge on any atom is 2.00 e. The van der Waals surface area contributed by atoms with E-state index in [9.17, 15) is 4.39 Å². The minimum absolute atomic E-state index is 0. The molecule has 1 radical (unpaired) electrons. The topological polar surface area (TPSA) is 78.4 Å². The molecule has 2 rings (SSSR count). The number of benzene rings is 1. The zero-order valence-corrected chi connectivity index (χ0v) is 20.4. The van der Waals surface area contributed by atoms with Gasteiger partial charge in [-0.25, -0.2) is 4.39 Å². The Morgan fingerprint density at radius 2 is 1.55 bits per heavy atom. The number of aliphatic imine (C=N–C) groups is 2. The Hall–Kier alpha value is -2.33. The first-order valence-electron chi connectivity index (χ1n) is 9.10. The Morgan fingerprint density at radius 3 is 2.10 bits per heavy atom. The van der Waals surface area contributed by atoms with Crippen LogP contribution in [0.4, 0.5) is 4.39 Å². The maximum absolute atomic E-state index is 13.2. The summed E-state index contributed by atoms with van der Waals surface area (Å²) in [6, 6.07) is 8.49. The Morgan fingerprint density at radius 1 is 1.00 bits per heavy atom. The van der Waals surface area contributed by atoms with Gasteiger partial charge >= 0.3 is 17.1 Å². The standard InChI is InChI=1S/C20H26FN7S2.Cu/c1-12-10-17(14(3)28(12)11-15-6-8-16(21)9-7-15)18(25-27-20(30)23-5)13(2)24-26-19(29)22-4;/h6-10H,11H2,1-5H3,(H2,22,26,29)(H2,23,27,30);/q;+2/p-2/b24-13+,25-18-;. The van der Waals surface area contributed by atoms with Crippen molar-refractivity contribution in [1.29, 1.82) is 0 Å². The Bertz CT molecular complexity index is 1010. The van der Waals surface area contributed by atoms with Gasteiger partial charge in [0.15, 0.2) is 0 Å². The van der Waals surface area contributed by atoms with E-state index < -0.39 is 0 Å². The molecule has 0 saturated carbocycles. The Labute approximate surface area is 203 Å². The molecule has 169 valence electrons. The maximum atomic E-state index is 13.2. The van der Waals surface area contributed by atoms with E-state index in [-0.39, 0.29) is 33.2 Å². The van der Waals surface area contributed by atoms with Crippen LogP contribution < -0.4 is 10.9 Å². The molecule has 0 aliphatic heterocycles. The van der Waals surface area contributed by atoms with Crippen LogP contribution in [0.1, 0.15) is 29.4 Å². The van der Waals surface area contributed by atoms with Crippen LogP contribution in [0.5, 0.6) is 0 Å².